The lowest BCUT2D eigenvalue weighted by molar-refractivity contribution is 0.0139. The highest BCUT2D eigenvalue weighted by molar-refractivity contribution is 8.68. The van der Waals surface area contributed by atoms with Gasteiger partial charge in [0.15, 0.2) is 5.78 Å². The number of ether oxygens (including phenoxy) is 1. The van der Waals surface area contributed by atoms with Gasteiger partial charge in [-0.1, -0.05) is 22.9 Å². The quantitative estimate of drug-likeness (QED) is 0.508. The SMILES string of the molecule is CC(S)(C(=O)c1ccc(SS)cc1)N1CCOCC1. The fourth-order valence-electron chi connectivity index (χ4n) is 2.08. The normalized spacial score (nSPS) is 19.9. The number of ketones is 1. The van der Waals surface area contributed by atoms with E-state index in [1.54, 1.807) is 0 Å². The smallest absolute Gasteiger partial charge is 0.192 e. The van der Waals surface area contributed by atoms with Gasteiger partial charge in [0.25, 0.3) is 0 Å². The summed E-state index contributed by atoms with van der Waals surface area (Å²) >= 11 is 8.72. The second-order valence-corrected chi connectivity index (χ2v) is 6.64. The van der Waals surface area contributed by atoms with Crippen LogP contribution in [0.3, 0.4) is 0 Å². The van der Waals surface area contributed by atoms with E-state index < -0.39 is 4.87 Å². The predicted octanol–water partition coefficient (Wildman–Crippen LogP) is 2.78. The summed E-state index contributed by atoms with van der Waals surface area (Å²) in [6.07, 6.45) is 0. The first-order chi connectivity index (χ1) is 9.05. The van der Waals surface area contributed by atoms with E-state index in [1.807, 2.05) is 31.2 Å². The van der Waals surface area contributed by atoms with Crippen LogP contribution in [0, 0.1) is 0 Å². The first-order valence-electron chi connectivity index (χ1n) is 6.07. The van der Waals surface area contributed by atoms with Crippen LogP contribution in [0.1, 0.15) is 17.3 Å². The van der Waals surface area contributed by atoms with Gasteiger partial charge < -0.3 is 4.74 Å². The molecule has 1 unspecified atom stereocenters. The first-order valence-corrected chi connectivity index (χ1v) is 8.39. The van der Waals surface area contributed by atoms with Gasteiger partial charge in [0, 0.05) is 23.5 Å². The van der Waals surface area contributed by atoms with Crippen molar-refractivity contribution in [3.8, 4) is 0 Å². The van der Waals surface area contributed by atoms with Crippen molar-refractivity contribution in [2.24, 2.45) is 0 Å². The number of carbonyl (C=O) groups excluding carboxylic acids is 1. The molecule has 1 aliphatic rings. The minimum absolute atomic E-state index is 0.0217. The van der Waals surface area contributed by atoms with Gasteiger partial charge in [-0.3, -0.25) is 9.69 Å². The average Bonchev–Trinajstić information content (AvgIpc) is 2.47. The molecule has 1 aliphatic heterocycles. The molecule has 1 saturated heterocycles. The van der Waals surface area contributed by atoms with Crippen molar-refractivity contribution >= 4 is 40.9 Å². The standard InChI is InChI=1S/C13H17NO2S3/c1-13(17,14-6-8-16-9-7-14)12(15)10-2-4-11(19-18)5-3-10/h2-5,17-18H,6-9H2,1H3. The number of Topliss-reactive ketones (excluding diaryl/α,β-unsaturated/α-hetero) is 1. The van der Waals surface area contributed by atoms with Crippen LogP contribution in [0.2, 0.25) is 0 Å². The van der Waals surface area contributed by atoms with E-state index in [9.17, 15) is 4.79 Å². The van der Waals surface area contributed by atoms with Crippen LogP contribution in [-0.2, 0) is 4.74 Å². The van der Waals surface area contributed by atoms with Gasteiger partial charge in [-0.25, -0.2) is 0 Å². The highest BCUT2D eigenvalue weighted by atomic mass is 33.1. The molecule has 19 heavy (non-hydrogen) atoms. The summed E-state index contributed by atoms with van der Waals surface area (Å²) < 4.78 is 5.31. The predicted molar refractivity (Wildman–Crippen MR) is 85.4 cm³/mol. The monoisotopic (exact) mass is 315 g/mol. The molecule has 6 heteroatoms. The zero-order chi connectivity index (χ0) is 13.9. The van der Waals surface area contributed by atoms with Crippen molar-refractivity contribution in [1.29, 1.82) is 0 Å². The average molecular weight is 315 g/mol. The largest absolute Gasteiger partial charge is 0.379 e. The zero-order valence-electron chi connectivity index (χ0n) is 10.7. The topological polar surface area (TPSA) is 29.5 Å². The van der Waals surface area contributed by atoms with Crippen LogP contribution < -0.4 is 0 Å². The zero-order valence-corrected chi connectivity index (χ0v) is 13.3. The van der Waals surface area contributed by atoms with Crippen LogP contribution in [0.5, 0.6) is 0 Å². The fourth-order valence-corrected chi connectivity index (χ4v) is 3.04. The number of thiol groups is 2. The van der Waals surface area contributed by atoms with Crippen LogP contribution in [0.15, 0.2) is 29.2 Å². The Morgan fingerprint density at radius 2 is 1.89 bits per heavy atom. The second-order valence-electron chi connectivity index (χ2n) is 4.57. The van der Waals surface area contributed by atoms with Crippen LogP contribution in [0.4, 0.5) is 0 Å². The van der Waals surface area contributed by atoms with Crippen LogP contribution >= 0.6 is 35.1 Å². The number of hydrogen-bond donors (Lipinski definition) is 2. The molecule has 0 bridgehead atoms. The lowest BCUT2D eigenvalue weighted by Crippen LogP contribution is -2.52. The molecular formula is C13H17NO2S3. The molecule has 3 nitrogen and oxygen atoms in total. The molecule has 1 aromatic carbocycles. The van der Waals surface area contributed by atoms with Crippen molar-refractivity contribution in [1.82, 2.24) is 4.90 Å². The van der Waals surface area contributed by atoms with Gasteiger partial charge in [0.1, 0.15) is 4.87 Å². The van der Waals surface area contributed by atoms with Crippen molar-refractivity contribution < 1.29 is 9.53 Å². The van der Waals surface area contributed by atoms with Crippen molar-refractivity contribution in [2.75, 3.05) is 26.3 Å². The van der Waals surface area contributed by atoms with Crippen molar-refractivity contribution in [3.05, 3.63) is 29.8 Å². The summed E-state index contributed by atoms with van der Waals surface area (Å²) in [6, 6.07) is 7.45. The molecule has 1 heterocycles. The van der Waals surface area contributed by atoms with Crippen LogP contribution in [0.25, 0.3) is 0 Å². The van der Waals surface area contributed by atoms with Gasteiger partial charge in [0.2, 0.25) is 0 Å². The summed E-state index contributed by atoms with van der Waals surface area (Å²) in [5.74, 6) is 0.0217. The van der Waals surface area contributed by atoms with E-state index in [0.717, 1.165) is 18.0 Å². The summed E-state index contributed by atoms with van der Waals surface area (Å²) in [5.41, 5.74) is 0.676. The second kappa shape index (κ2) is 6.54. The molecule has 0 aliphatic carbocycles. The molecule has 1 atom stereocenters. The molecule has 104 valence electrons. The van der Waals surface area contributed by atoms with Gasteiger partial charge in [-0.05, 0) is 19.1 Å². The molecule has 0 saturated carbocycles. The number of benzene rings is 1. The van der Waals surface area contributed by atoms with E-state index in [4.69, 9.17) is 4.74 Å². The Morgan fingerprint density at radius 3 is 2.42 bits per heavy atom. The third kappa shape index (κ3) is 3.49. The van der Waals surface area contributed by atoms with E-state index in [1.165, 1.54) is 10.8 Å². The number of rotatable bonds is 4. The van der Waals surface area contributed by atoms with Crippen molar-refractivity contribution in [2.45, 2.75) is 16.7 Å². The number of carbonyl (C=O) groups is 1. The maximum atomic E-state index is 12.6. The van der Waals surface area contributed by atoms with E-state index in [0.29, 0.717) is 18.8 Å². The Bertz CT molecular complexity index is 442. The fraction of sp³-hybridized carbons (Fsp3) is 0.462. The Kier molecular flexibility index (Phi) is 5.25. The Morgan fingerprint density at radius 1 is 1.32 bits per heavy atom. The molecule has 1 aromatic rings. The third-order valence-electron chi connectivity index (χ3n) is 3.28. The molecule has 0 radical (unpaired) electrons. The number of hydrogen-bond acceptors (Lipinski definition) is 6. The highest BCUT2D eigenvalue weighted by Gasteiger charge is 2.37. The van der Waals surface area contributed by atoms with Gasteiger partial charge in [0.05, 0.1) is 13.2 Å². The minimum Gasteiger partial charge on any atom is -0.379 e. The van der Waals surface area contributed by atoms with Gasteiger partial charge in [-0.15, -0.1) is 24.3 Å². The number of nitrogens with zero attached hydrogens (tertiary/aromatic N) is 1. The lowest BCUT2D eigenvalue weighted by atomic mass is 10.0. The van der Waals surface area contributed by atoms with Gasteiger partial charge >= 0.3 is 0 Å². The van der Waals surface area contributed by atoms with E-state index >= 15 is 0 Å². The summed E-state index contributed by atoms with van der Waals surface area (Å²) in [6.45, 7) is 4.62. The summed E-state index contributed by atoms with van der Waals surface area (Å²) in [4.78, 5) is 14.9. The maximum absolute atomic E-state index is 12.6. The molecule has 1 fully saturated rings. The molecule has 0 spiro atoms. The first kappa shape index (κ1) is 15.3. The minimum atomic E-state index is -0.792. The Hall–Kier alpha value is -0.140. The van der Waals surface area contributed by atoms with Crippen LogP contribution in [-0.4, -0.2) is 41.9 Å². The molecule has 0 aromatic heterocycles. The summed E-state index contributed by atoms with van der Waals surface area (Å²) in [7, 11) is 1.36. The number of morpholine rings is 1. The van der Waals surface area contributed by atoms with Crippen molar-refractivity contribution in [3.63, 3.8) is 0 Å². The molecule has 0 N–H and O–H groups in total. The van der Waals surface area contributed by atoms with Gasteiger partial charge in [-0.2, -0.15) is 0 Å². The van der Waals surface area contributed by atoms with E-state index in [2.05, 4.69) is 29.2 Å². The molecule has 0 amide bonds. The Labute approximate surface area is 128 Å². The van der Waals surface area contributed by atoms with E-state index in [-0.39, 0.29) is 5.78 Å². The lowest BCUT2D eigenvalue weighted by Gasteiger charge is -2.38. The Balaban J connectivity index is 2.15. The molecule has 2 rings (SSSR count). The third-order valence-corrected chi connectivity index (χ3v) is 4.88. The highest BCUT2D eigenvalue weighted by Crippen LogP contribution is 2.27. The maximum Gasteiger partial charge on any atom is 0.192 e. The molecular weight excluding hydrogens is 298 g/mol. The summed E-state index contributed by atoms with van der Waals surface area (Å²) in [5, 5.41) is 0.